The number of nitrogens with zero attached hydrogens (tertiary/aromatic N) is 1. The fraction of sp³-hybridized carbons (Fsp3) is 0.500. The molecule has 0 spiro atoms. The van der Waals surface area contributed by atoms with Gasteiger partial charge in [0.15, 0.2) is 0 Å². The topological polar surface area (TPSA) is 12.4 Å². The number of rotatable bonds is 1. The van der Waals surface area contributed by atoms with Gasteiger partial charge < -0.3 is 11.9 Å². The van der Waals surface area contributed by atoms with Gasteiger partial charge in [0.05, 0.1) is 0 Å². The van der Waals surface area contributed by atoms with Gasteiger partial charge in [0.1, 0.15) is 0 Å². The summed E-state index contributed by atoms with van der Waals surface area (Å²) in [6.45, 7) is 3.53. The Morgan fingerprint density at radius 2 is 2.33 bits per heavy atom. The zero-order valence-electron chi connectivity index (χ0n) is 4.02. The summed E-state index contributed by atoms with van der Waals surface area (Å²) in [5, 5.41) is 0. The van der Waals surface area contributed by atoms with Crippen LogP contribution < -0.4 is 0 Å². The molecule has 0 saturated carbocycles. The van der Waals surface area contributed by atoms with Crippen LogP contribution >= 0.6 is 0 Å². The van der Waals surface area contributed by atoms with Gasteiger partial charge >= 0.3 is 0 Å². The molecule has 0 atom stereocenters. The SMILES string of the molecule is [CH2-]CC=NC.[Y]. The molecule has 6 heavy (non-hydrogen) atoms. The fourth-order valence-electron chi connectivity index (χ4n) is 0.129. The van der Waals surface area contributed by atoms with Gasteiger partial charge in [-0.25, -0.2) is 0 Å². The van der Waals surface area contributed by atoms with Crippen LogP contribution in [0, 0.1) is 6.92 Å². The Morgan fingerprint density at radius 1 is 1.83 bits per heavy atom. The van der Waals surface area contributed by atoms with E-state index in [1.165, 1.54) is 0 Å². The molecule has 0 amide bonds. The summed E-state index contributed by atoms with van der Waals surface area (Å²) in [6, 6.07) is 0. The largest absolute Gasteiger partial charge is 0.338 e. The molecule has 0 fully saturated rings. The second-order valence-electron chi connectivity index (χ2n) is 0.729. The summed E-state index contributed by atoms with van der Waals surface area (Å²) < 4.78 is 0. The summed E-state index contributed by atoms with van der Waals surface area (Å²) in [6.07, 6.45) is 2.57. The molecule has 0 aromatic carbocycles. The zero-order valence-corrected chi connectivity index (χ0v) is 6.85. The van der Waals surface area contributed by atoms with Crippen LogP contribution in [0.15, 0.2) is 4.99 Å². The van der Waals surface area contributed by atoms with Gasteiger partial charge in [0.2, 0.25) is 0 Å². The molecule has 0 bridgehead atoms. The third kappa shape index (κ3) is 8.84. The van der Waals surface area contributed by atoms with Crippen molar-refractivity contribution in [3.63, 3.8) is 0 Å². The Balaban J connectivity index is 0. The van der Waals surface area contributed by atoms with Crippen LogP contribution in [0.25, 0.3) is 0 Å². The van der Waals surface area contributed by atoms with Gasteiger partial charge in [-0.3, -0.25) is 0 Å². The summed E-state index contributed by atoms with van der Waals surface area (Å²) >= 11 is 0. The van der Waals surface area contributed by atoms with Gasteiger partial charge in [-0.1, -0.05) is 0 Å². The molecule has 33 valence electrons. The Labute approximate surface area is 64.1 Å². The first-order valence-electron chi connectivity index (χ1n) is 1.61. The summed E-state index contributed by atoms with van der Waals surface area (Å²) in [5.41, 5.74) is 0. The third-order valence-electron chi connectivity index (χ3n) is 0.312. The molecule has 0 aromatic heterocycles. The molecule has 1 radical (unpaired) electrons. The minimum absolute atomic E-state index is 0. The fourth-order valence-corrected chi connectivity index (χ4v) is 0.129. The Morgan fingerprint density at radius 3 is 2.33 bits per heavy atom. The van der Waals surface area contributed by atoms with Gasteiger partial charge in [-0.2, -0.15) is 0 Å². The third-order valence-corrected chi connectivity index (χ3v) is 0.312. The van der Waals surface area contributed by atoms with Gasteiger partial charge in [-0.05, 0) is 6.21 Å². The molecule has 0 aliphatic carbocycles. The number of aliphatic imine (C=N–C) groups is 1. The van der Waals surface area contributed by atoms with Crippen LogP contribution in [0.1, 0.15) is 6.42 Å². The minimum atomic E-state index is 0. The van der Waals surface area contributed by atoms with E-state index in [9.17, 15) is 0 Å². The molecule has 2 heteroatoms. The first-order valence-corrected chi connectivity index (χ1v) is 1.61. The molecule has 0 aromatic rings. The van der Waals surface area contributed by atoms with E-state index in [4.69, 9.17) is 0 Å². The second kappa shape index (κ2) is 9.24. The zero-order chi connectivity index (χ0) is 4.12. The van der Waals surface area contributed by atoms with Crippen LogP contribution in [0.3, 0.4) is 0 Å². The maximum atomic E-state index is 3.67. The van der Waals surface area contributed by atoms with E-state index in [2.05, 4.69) is 11.9 Å². The van der Waals surface area contributed by atoms with E-state index in [1.54, 1.807) is 13.3 Å². The second-order valence-corrected chi connectivity index (χ2v) is 0.729. The molecule has 0 heterocycles. The van der Waals surface area contributed by atoms with Crippen LogP contribution in [-0.2, 0) is 32.7 Å². The number of hydrogen-bond donors (Lipinski definition) is 0. The summed E-state index contributed by atoms with van der Waals surface area (Å²) in [5.74, 6) is 0. The van der Waals surface area contributed by atoms with E-state index in [1.807, 2.05) is 0 Å². The number of hydrogen-bond acceptors (Lipinski definition) is 1. The maximum Gasteiger partial charge on any atom is 0.0272 e. The van der Waals surface area contributed by atoms with Gasteiger partial charge in [0.25, 0.3) is 0 Å². The van der Waals surface area contributed by atoms with E-state index in [0.29, 0.717) is 0 Å². The van der Waals surface area contributed by atoms with Crippen LogP contribution in [0.4, 0.5) is 0 Å². The minimum Gasteiger partial charge on any atom is -0.338 e. The Kier molecular flexibility index (Phi) is 15.3. The molecule has 1 nitrogen and oxygen atoms in total. The predicted octanol–water partition coefficient (Wildman–Crippen LogP) is 0.909. The van der Waals surface area contributed by atoms with Gasteiger partial charge in [-0.15, -0.1) is 6.42 Å². The first kappa shape index (κ1) is 9.91. The maximum absolute atomic E-state index is 3.67. The quantitative estimate of drug-likeness (QED) is 0.398. The van der Waals surface area contributed by atoms with E-state index in [-0.39, 0.29) is 32.7 Å². The van der Waals surface area contributed by atoms with Crippen molar-refractivity contribution in [2.75, 3.05) is 7.05 Å². The van der Waals surface area contributed by atoms with Gasteiger partial charge in [0, 0.05) is 39.8 Å². The average Bonchev–Trinajstić information content (AvgIpc) is 1.41. The molecular formula is C4H8NY-. The van der Waals surface area contributed by atoms with Crippen molar-refractivity contribution in [1.82, 2.24) is 0 Å². The molecule has 0 aliphatic rings. The van der Waals surface area contributed by atoms with Crippen molar-refractivity contribution in [3.8, 4) is 0 Å². The summed E-state index contributed by atoms with van der Waals surface area (Å²) in [4.78, 5) is 3.67. The van der Waals surface area contributed by atoms with E-state index < -0.39 is 0 Å². The van der Waals surface area contributed by atoms with Crippen molar-refractivity contribution in [1.29, 1.82) is 0 Å². The average molecular weight is 159 g/mol. The Bertz CT molecular complexity index is 34.5. The van der Waals surface area contributed by atoms with Crippen molar-refractivity contribution in [2.45, 2.75) is 6.42 Å². The standard InChI is InChI=1S/C4H8N.Y/c1-3-4-5-2;/h4H,1,3H2,2H3;/q-1;. The Hall–Kier alpha value is 0.774. The normalized spacial score (nSPS) is 8.33. The smallest absolute Gasteiger partial charge is 0.0272 e. The molecular weight excluding hydrogens is 151 g/mol. The van der Waals surface area contributed by atoms with Crippen molar-refractivity contribution in [2.24, 2.45) is 4.99 Å². The summed E-state index contributed by atoms with van der Waals surface area (Å²) in [7, 11) is 1.74. The molecule has 0 aliphatic heterocycles. The van der Waals surface area contributed by atoms with Crippen molar-refractivity contribution >= 4 is 6.21 Å². The monoisotopic (exact) mass is 159 g/mol. The van der Waals surface area contributed by atoms with Crippen molar-refractivity contribution in [3.05, 3.63) is 6.92 Å². The first-order chi connectivity index (χ1) is 2.41. The predicted molar refractivity (Wildman–Crippen MR) is 24.4 cm³/mol. The molecule has 0 rings (SSSR count). The van der Waals surface area contributed by atoms with Crippen molar-refractivity contribution < 1.29 is 32.7 Å². The van der Waals surface area contributed by atoms with E-state index >= 15 is 0 Å². The van der Waals surface area contributed by atoms with Crippen LogP contribution in [0.2, 0.25) is 0 Å². The van der Waals surface area contributed by atoms with Crippen LogP contribution in [0.5, 0.6) is 0 Å². The molecule has 0 N–H and O–H groups in total. The van der Waals surface area contributed by atoms with E-state index in [0.717, 1.165) is 6.42 Å². The molecule has 0 unspecified atom stereocenters. The van der Waals surface area contributed by atoms with Crippen LogP contribution in [-0.4, -0.2) is 13.3 Å². The molecule has 0 saturated heterocycles.